The van der Waals surface area contributed by atoms with E-state index in [1.807, 2.05) is 0 Å². The highest BCUT2D eigenvalue weighted by molar-refractivity contribution is 6.32. The lowest BCUT2D eigenvalue weighted by molar-refractivity contribution is -0.384. The molecule has 0 aliphatic heterocycles. The van der Waals surface area contributed by atoms with E-state index in [2.05, 4.69) is 10.5 Å². The van der Waals surface area contributed by atoms with Crippen molar-refractivity contribution >= 4 is 28.9 Å². The van der Waals surface area contributed by atoms with E-state index in [0.29, 0.717) is 11.5 Å². The zero-order valence-electron chi connectivity index (χ0n) is 12.9. The van der Waals surface area contributed by atoms with Crippen LogP contribution in [0.15, 0.2) is 47.6 Å². The number of hydrazone groups is 1. The van der Waals surface area contributed by atoms with Crippen LogP contribution >= 0.6 is 11.6 Å². The van der Waals surface area contributed by atoms with Gasteiger partial charge in [0, 0.05) is 11.6 Å². The van der Waals surface area contributed by atoms with Crippen molar-refractivity contribution in [1.82, 2.24) is 5.43 Å². The number of benzene rings is 2. The summed E-state index contributed by atoms with van der Waals surface area (Å²) in [6, 6.07) is 11.0. The molecule has 0 aliphatic rings. The van der Waals surface area contributed by atoms with E-state index >= 15 is 0 Å². The molecule has 1 amide bonds. The van der Waals surface area contributed by atoms with Gasteiger partial charge in [-0.1, -0.05) is 11.6 Å². The number of ether oxygens (including phenoxy) is 1. The molecule has 7 nitrogen and oxygen atoms in total. The van der Waals surface area contributed by atoms with Crippen molar-refractivity contribution in [3.63, 3.8) is 0 Å². The molecule has 0 saturated carbocycles. The van der Waals surface area contributed by atoms with Crippen LogP contribution in [0, 0.1) is 10.1 Å². The molecule has 0 atom stereocenters. The molecular formula is C16H14ClN3O4. The molecule has 2 aromatic carbocycles. The summed E-state index contributed by atoms with van der Waals surface area (Å²) in [7, 11) is 1.57. The minimum absolute atomic E-state index is 0.0329. The molecule has 0 saturated heterocycles. The maximum Gasteiger partial charge on any atom is 0.288 e. The molecule has 2 aromatic rings. The number of hydrogen-bond acceptors (Lipinski definition) is 5. The van der Waals surface area contributed by atoms with Gasteiger partial charge in [-0.15, -0.1) is 0 Å². The molecule has 1 N–H and O–H groups in total. The van der Waals surface area contributed by atoms with E-state index in [4.69, 9.17) is 16.3 Å². The van der Waals surface area contributed by atoms with Crippen molar-refractivity contribution in [3.05, 3.63) is 68.7 Å². The molecule has 8 heteroatoms. The molecule has 0 aliphatic carbocycles. The minimum atomic E-state index is -0.648. The molecule has 0 spiro atoms. The molecule has 0 radical (unpaired) electrons. The number of nitro groups is 1. The summed E-state index contributed by atoms with van der Waals surface area (Å²) in [5, 5.41) is 14.8. The number of hydrogen-bond donors (Lipinski definition) is 1. The Morgan fingerprint density at radius 1 is 1.21 bits per heavy atom. The van der Waals surface area contributed by atoms with Gasteiger partial charge in [0.25, 0.3) is 11.6 Å². The molecule has 0 unspecified atom stereocenters. The van der Waals surface area contributed by atoms with Crippen molar-refractivity contribution < 1.29 is 14.5 Å². The van der Waals surface area contributed by atoms with E-state index in [1.165, 1.54) is 12.1 Å². The molecule has 0 heterocycles. The first-order valence-corrected chi connectivity index (χ1v) is 7.23. The van der Waals surface area contributed by atoms with Gasteiger partial charge in [-0.05, 0) is 48.9 Å². The summed E-state index contributed by atoms with van der Waals surface area (Å²) in [6.45, 7) is 1.73. The summed E-state index contributed by atoms with van der Waals surface area (Å²) in [4.78, 5) is 22.3. The third-order valence-corrected chi connectivity index (χ3v) is 3.56. The van der Waals surface area contributed by atoms with Gasteiger partial charge in [-0.2, -0.15) is 5.10 Å². The predicted molar refractivity (Wildman–Crippen MR) is 90.8 cm³/mol. The lowest BCUT2D eigenvalue weighted by atomic mass is 10.1. The van der Waals surface area contributed by atoms with E-state index in [1.54, 1.807) is 38.3 Å². The van der Waals surface area contributed by atoms with Crippen molar-refractivity contribution in [2.75, 3.05) is 7.11 Å². The summed E-state index contributed by atoms with van der Waals surface area (Å²) < 4.78 is 5.07. The molecule has 0 bridgehead atoms. The zero-order chi connectivity index (χ0) is 17.7. The number of methoxy groups -OCH3 is 1. The molecular weight excluding hydrogens is 334 g/mol. The quantitative estimate of drug-likeness (QED) is 0.509. The molecule has 124 valence electrons. The second-order valence-electron chi connectivity index (χ2n) is 4.79. The van der Waals surface area contributed by atoms with Crippen LogP contribution in [0.2, 0.25) is 5.02 Å². The molecule has 0 aromatic heterocycles. The number of nitro benzene ring substituents is 1. The maximum atomic E-state index is 12.1. The van der Waals surface area contributed by atoms with Crippen molar-refractivity contribution in [3.8, 4) is 5.75 Å². The highest BCUT2D eigenvalue weighted by Crippen LogP contribution is 2.25. The van der Waals surface area contributed by atoms with Gasteiger partial charge < -0.3 is 4.74 Å². The number of carbonyl (C=O) groups excluding carboxylic acids is 1. The summed E-state index contributed by atoms with van der Waals surface area (Å²) in [6.07, 6.45) is 0. The molecule has 24 heavy (non-hydrogen) atoms. The standard InChI is InChI=1S/C16H14ClN3O4/c1-10(11-3-6-13(24-2)7-4-11)18-19-16(21)12-5-8-14(17)15(9-12)20(22)23/h3-9H,1-2H3,(H,19,21)/b18-10+. The van der Waals surface area contributed by atoms with Gasteiger partial charge in [-0.3, -0.25) is 14.9 Å². The number of nitrogens with zero attached hydrogens (tertiary/aromatic N) is 2. The number of amides is 1. The number of halogens is 1. The fourth-order valence-electron chi connectivity index (χ4n) is 1.89. The van der Waals surface area contributed by atoms with Crippen LogP contribution in [0.25, 0.3) is 0 Å². The van der Waals surface area contributed by atoms with Gasteiger partial charge >= 0.3 is 0 Å². The Bertz CT molecular complexity index is 803. The molecule has 2 rings (SSSR count). The van der Waals surface area contributed by atoms with Crippen LogP contribution in [0.1, 0.15) is 22.8 Å². The lowest BCUT2D eigenvalue weighted by Gasteiger charge is -2.05. The summed E-state index contributed by atoms with van der Waals surface area (Å²) in [5.74, 6) is 0.145. The SMILES string of the molecule is COc1ccc(/C(C)=N/NC(=O)c2ccc(Cl)c([N+](=O)[O-])c2)cc1. The molecule has 0 fully saturated rings. The predicted octanol–water partition coefficient (Wildman–Crippen LogP) is 3.41. The smallest absolute Gasteiger partial charge is 0.288 e. The topological polar surface area (TPSA) is 93.8 Å². The van der Waals surface area contributed by atoms with E-state index in [9.17, 15) is 14.9 Å². The normalized spacial score (nSPS) is 11.0. The second-order valence-corrected chi connectivity index (χ2v) is 5.20. The number of nitrogens with one attached hydrogen (secondary N) is 1. The fraction of sp³-hybridized carbons (Fsp3) is 0.125. The van der Waals surface area contributed by atoms with Crippen molar-refractivity contribution in [2.24, 2.45) is 5.10 Å². The Morgan fingerprint density at radius 2 is 1.83 bits per heavy atom. The zero-order valence-corrected chi connectivity index (χ0v) is 13.7. The number of carbonyl (C=O) groups is 1. The van der Waals surface area contributed by atoms with Crippen LogP contribution in [-0.2, 0) is 0 Å². The minimum Gasteiger partial charge on any atom is -0.497 e. The van der Waals surface area contributed by atoms with E-state index in [0.717, 1.165) is 11.6 Å². The van der Waals surface area contributed by atoms with Gasteiger partial charge in [0.15, 0.2) is 0 Å². The van der Waals surface area contributed by atoms with Crippen LogP contribution in [0.4, 0.5) is 5.69 Å². The van der Waals surface area contributed by atoms with E-state index in [-0.39, 0.29) is 16.3 Å². The Labute approximate surface area is 143 Å². The first-order chi connectivity index (χ1) is 11.4. The monoisotopic (exact) mass is 347 g/mol. The average molecular weight is 348 g/mol. The van der Waals surface area contributed by atoms with Gasteiger partial charge in [0.05, 0.1) is 17.7 Å². The fourth-order valence-corrected chi connectivity index (χ4v) is 2.08. The first kappa shape index (κ1) is 17.4. The van der Waals surface area contributed by atoms with Crippen LogP contribution in [0.5, 0.6) is 5.75 Å². The third kappa shape index (κ3) is 4.08. The summed E-state index contributed by atoms with van der Waals surface area (Å²) >= 11 is 5.72. The van der Waals surface area contributed by atoms with E-state index < -0.39 is 10.8 Å². The first-order valence-electron chi connectivity index (χ1n) is 6.85. The average Bonchev–Trinajstić information content (AvgIpc) is 2.59. The second kappa shape index (κ2) is 7.56. The highest BCUT2D eigenvalue weighted by Gasteiger charge is 2.16. The largest absolute Gasteiger partial charge is 0.497 e. The van der Waals surface area contributed by atoms with Crippen LogP contribution in [0.3, 0.4) is 0 Å². The maximum absolute atomic E-state index is 12.1. The lowest BCUT2D eigenvalue weighted by Crippen LogP contribution is -2.19. The number of rotatable bonds is 5. The highest BCUT2D eigenvalue weighted by atomic mass is 35.5. The van der Waals surface area contributed by atoms with Gasteiger partial charge in [0.2, 0.25) is 0 Å². The van der Waals surface area contributed by atoms with Gasteiger partial charge in [-0.25, -0.2) is 5.43 Å². The van der Waals surface area contributed by atoms with Gasteiger partial charge in [0.1, 0.15) is 10.8 Å². The Balaban J connectivity index is 2.14. The summed E-state index contributed by atoms with van der Waals surface area (Å²) in [5.41, 5.74) is 3.51. The Hall–Kier alpha value is -2.93. The Morgan fingerprint density at radius 3 is 2.42 bits per heavy atom. The van der Waals surface area contributed by atoms with Crippen molar-refractivity contribution in [1.29, 1.82) is 0 Å². The van der Waals surface area contributed by atoms with Crippen LogP contribution < -0.4 is 10.2 Å². The van der Waals surface area contributed by atoms with Crippen molar-refractivity contribution in [2.45, 2.75) is 6.92 Å². The Kier molecular flexibility index (Phi) is 5.49. The third-order valence-electron chi connectivity index (χ3n) is 3.24. The van der Waals surface area contributed by atoms with Crippen LogP contribution in [-0.4, -0.2) is 23.7 Å².